The van der Waals surface area contributed by atoms with E-state index in [1.54, 1.807) is 0 Å². The van der Waals surface area contributed by atoms with Gasteiger partial charge >= 0.3 is 0 Å². The molecule has 4 rings (SSSR count). The lowest BCUT2D eigenvalue weighted by atomic mass is 10.3. The summed E-state index contributed by atoms with van der Waals surface area (Å²) >= 11 is 1.53. The maximum atomic E-state index is 13.4. The average Bonchev–Trinajstić information content (AvgIpc) is 3.34. The van der Waals surface area contributed by atoms with Crippen molar-refractivity contribution in [1.29, 1.82) is 0 Å². The van der Waals surface area contributed by atoms with Crippen molar-refractivity contribution in [3.63, 3.8) is 0 Å². The Labute approximate surface area is 160 Å². The highest BCUT2D eigenvalue weighted by atomic mass is 32.2. The van der Waals surface area contributed by atoms with Gasteiger partial charge in [-0.3, -0.25) is 4.90 Å². The molecule has 0 saturated carbocycles. The van der Waals surface area contributed by atoms with E-state index in [2.05, 4.69) is 15.1 Å². The third-order valence-corrected chi connectivity index (χ3v) is 7.08. The van der Waals surface area contributed by atoms with Crippen LogP contribution in [0.3, 0.4) is 0 Å². The standard InChI is InChI=1S/C17H17FN4O3S2/c18-13-3-1-4-14(11-13)27(23,24)22-8-6-21(7-9-22)12-16-19-20-17(25-16)15-5-2-10-26-15/h1-5,10-11H,6-9,12H2. The summed E-state index contributed by atoms with van der Waals surface area (Å²) in [5.41, 5.74) is 0. The second kappa shape index (κ2) is 7.47. The van der Waals surface area contributed by atoms with Crippen molar-refractivity contribution < 1.29 is 17.2 Å². The van der Waals surface area contributed by atoms with Gasteiger partial charge in [-0.2, -0.15) is 4.31 Å². The van der Waals surface area contributed by atoms with Gasteiger partial charge in [0.1, 0.15) is 5.82 Å². The van der Waals surface area contributed by atoms with Crippen molar-refractivity contribution in [3.05, 3.63) is 53.5 Å². The van der Waals surface area contributed by atoms with Crippen molar-refractivity contribution in [3.8, 4) is 10.8 Å². The molecule has 2 aromatic heterocycles. The van der Waals surface area contributed by atoms with E-state index in [1.807, 2.05) is 17.5 Å². The monoisotopic (exact) mass is 408 g/mol. The van der Waals surface area contributed by atoms with Crippen LogP contribution in [0.25, 0.3) is 10.8 Å². The lowest BCUT2D eigenvalue weighted by Gasteiger charge is -2.33. The minimum Gasteiger partial charge on any atom is -0.419 e. The number of benzene rings is 1. The first-order chi connectivity index (χ1) is 13.0. The van der Waals surface area contributed by atoms with Crippen LogP contribution in [0.2, 0.25) is 0 Å². The normalized spacial score (nSPS) is 16.6. The lowest BCUT2D eigenvalue weighted by Crippen LogP contribution is -2.48. The van der Waals surface area contributed by atoms with E-state index in [4.69, 9.17) is 4.42 Å². The van der Waals surface area contributed by atoms with Gasteiger partial charge in [0.25, 0.3) is 5.89 Å². The van der Waals surface area contributed by atoms with Gasteiger partial charge in [0.15, 0.2) is 0 Å². The summed E-state index contributed by atoms with van der Waals surface area (Å²) in [6.45, 7) is 2.18. The fourth-order valence-corrected chi connectivity index (χ4v) is 5.01. The van der Waals surface area contributed by atoms with Crippen molar-refractivity contribution in [2.24, 2.45) is 0 Å². The van der Waals surface area contributed by atoms with Gasteiger partial charge in [-0.05, 0) is 29.6 Å². The highest BCUT2D eigenvalue weighted by molar-refractivity contribution is 7.89. The molecule has 0 atom stereocenters. The Hall–Kier alpha value is -2.14. The minimum absolute atomic E-state index is 0.0200. The molecular weight excluding hydrogens is 391 g/mol. The molecule has 1 aromatic carbocycles. The molecule has 0 aliphatic carbocycles. The number of hydrogen-bond acceptors (Lipinski definition) is 7. The van der Waals surface area contributed by atoms with Crippen LogP contribution in [0.5, 0.6) is 0 Å². The Bertz CT molecular complexity index is 1010. The summed E-state index contributed by atoms with van der Waals surface area (Å²) in [4.78, 5) is 2.96. The van der Waals surface area contributed by atoms with Gasteiger partial charge in [0.05, 0.1) is 16.3 Å². The molecule has 27 heavy (non-hydrogen) atoms. The summed E-state index contributed by atoms with van der Waals surface area (Å²) in [5.74, 6) is 0.430. The molecule has 1 aliphatic heterocycles. The molecule has 0 unspecified atom stereocenters. The predicted molar refractivity (Wildman–Crippen MR) is 98.0 cm³/mol. The van der Waals surface area contributed by atoms with Crippen molar-refractivity contribution in [2.45, 2.75) is 11.4 Å². The van der Waals surface area contributed by atoms with Gasteiger partial charge in [-0.25, -0.2) is 12.8 Å². The Balaban J connectivity index is 1.38. The number of halogens is 1. The van der Waals surface area contributed by atoms with Crippen molar-refractivity contribution >= 4 is 21.4 Å². The first kappa shape index (κ1) is 18.2. The predicted octanol–water partition coefficient (Wildman–Crippen LogP) is 2.44. The number of hydrogen-bond donors (Lipinski definition) is 0. The summed E-state index contributed by atoms with van der Waals surface area (Å²) < 4.78 is 45.7. The Morgan fingerprint density at radius 2 is 1.93 bits per heavy atom. The number of nitrogens with zero attached hydrogens (tertiary/aromatic N) is 4. The molecule has 142 valence electrons. The number of rotatable bonds is 5. The molecular formula is C17H17FN4O3S2. The van der Waals surface area contributed by atoms with E-state index >= 15 is 0 Å². The minimum atomic E-state index is -3.69. The average molecular weight is 408 g/mol. The van der Waals surface area contributed by atoms with Crippen LogP contribution in [0, 0.1) is 5.82 Å². The molecule has 0 radical (unpaired) electrons. The number of aromatic nitrogens is 2. The smallest absolute Gasteiger partial charge is 0.257 e. The maximum absolute atomic E-state index is 13.4. The van der Waals surface area contributed by atoms with E-state index in [9.17, 15) is 12.8 Å². The Morgan fingerprint density at radius 3 is 2.63 bits per heavy atom. The van der Waals surface area contributed by atoms with Crippen LogP contribution in [0.4, 0.5) is 4.39 Å². The second-order valence-corrected chi connectivity index (χ2v) is 9.00. The van der Waals surface area contributed by atoms with E-state index in [-0.39, 0.29) is 4.90 Å². The number of sulfonamides is 1. The molecule has 3 heterocycles. The maximum Gasteiger partial charge on any atom is 0.257 e. The number of thiophene rings is 1. The van der Waals surface area contributed by atoms with Crippen molar-refractivity contribution in [1.82, 2.24) is 19.4 Å². The molecule has 0 amide bonds. The first-order valence-corrected chi connectivity index (χ1v) is 10.7. The molecule has 1 aliphatic rings. The zero-order valence-corrected chi connectivity index (χ0v) is 15.9. The van der Waals surface area contributed by atoms with Gasteiger partial charge in [-0.15, -0.1) is 21.5 Å². The second-order valence-electron chi connectivity index (χ2n) is 6.12. The van der Waals surface area contributed by atoms with Crippen LogP contribution in [0.1, 0.15) is 5.89 Å². The molecule has 1 fully saturated rings. The lowest BCUT2D eigenvalue weighted by molar-refractivity contribution is 0.168. The van der Waals surface area contributed by atoms with Crippen molar-refractivity contribution in [2.75, 3.05) is 26.2 Å². The molecule has 10 heteroatoms. The molecule has 0 bridgehead atoms. The third-order valence-electron chi connectivity index (χ3n) is 4.32. The summed E-state index contributed by atoms with van der Waals surface area (Å²) in [7, 11) is -3.69. The van der Waals surface area contributed by atoms with Crippen LogP contribution < -0.4 is 0 Å². The number of piperazine rings is 1. The molecule has 0 spiro atoms. The fourth-order valence-electron chi connectivity index (χ4n) is 2.91. The van der Waals surface area contributed by atoms with Crippen LogP contribution in [0.15, 0.2) is 51.1 Å². The Morgan fingerprint density at radius 1 is 1.11 bits per heavy atom. The third kappa shape index (κ3) is 3.93. The van der Waals surface area contributed by atoms with E-state index < -0.39 is 15.8 Å². The summed E-state index contributed by atoms with van der Waals surface area (Å²) in [5, 5.41) is 10.1. The van der Waals surface area contributed by atoms with E-state index in [1.165, 1.54) is 33.8 Å². The van der Waals surface area contributed by atoms with Gasteiger partial charge in [0.2, 0.25) is 15.9 Å². The quantitative estimate of drug-likeness (QED) is 0.645. The SMILES string of the molecule is O=S(=O)(c1cccc(F)c1)N1CCN(Cc2nnc(-c3cccs3)o2)CC1. The zero-order chi connectivity index (χ0) is 18.9. The first-order valence-electron chi connectivity index (χ1n) is 8.37. The van der Waals surface area contributed by atoms with Crippen LogP contribution in [-0.4, -0.2) is 54.0 Å². The van der Waals surface area contributed by atoms with Gasteiger partial charge in [0, 0.05) is 26.2 Å². The zero-order valence-electron chi connectivity index (χ0n) is 14.3. The van der Waals surface area contributed by atoms with Gasteiger partial charge in [-0.1, -0.05) is 12.1 Å². The largest absolute Gasteiger partial charge is 0.419 e. The summed E-state index contributed by atoms with van der Waals surface area (Å²) in [6.07, 6.45) is 0. The molecule has 7 nitrogen and oxygen atoms in total. The highest BCUT2D eigenvalue weighted by Crippen LogP contribution is 2.24. The van der Waals surface area contributed by atoms with Crippen LogP contribution >= 0.6 is 11.3 Å². The topological polar surface area (TPSA) is 79.5 Å². The Kier molecular flexibility index (Phi) is 5.04. The van der Waals surface area contributed by atoms with E-state index in [0.29, 0.717) is 44.5 Å². The summed E-state index contributed by atoms with van der Waals surface area (Å²) in [6, 6.07) is 8.92. The fraction of sp³-hybridized carbons (Fsp3) is 0.294. The molecule has 3 aromatic rings. The van der Waals surface area contributed by atoms with E-state index in [0.717, 1.165) is 10.9 Å². The highest BCUT2D eigenvalue weighted by Gasteiger charge is 2.29. The molecule has 1 saturated heterocycles. The molecule has 0 N–H and O–H groups in total. The van der Waals surface area contributed by atoms with Gasteiger partial charge < -0.3 is 4.42 Å². The van der Waals surface area contributed by atoms with Crippen LogP contribution in [-0.2, 0) is 16.6 Å².